The summed E-state index contributed by atoms with van der Waals surface area (Å²) in [5.41, 5.74) is 5.45. The first-order chi connectivity index (χ1) is 7.62. The number of rotatable bonds is 11. The van der Waals surface area contributed by atoms with Crippen molar-refractivity contribution in [3.63, 3.8) is 0 Å². The molecule has 0 saturated heterocycles. The molecule has 106 valence electrons. The van der Waals surface area contributed by atoms with Crippen molar-refractivity contribution in [2.24, 2.45) is 5.73 Å². The Morgan fingerprint density at radius 3 is 1.82 bits per heavy atom. The van der Waals surface area contributed by atoms with Crippen molar-refractivity contribution in [2.45, 2.75) is 77.7 Å². The molecule has 0 unspecified atom stereocenters. The lowest BCUT2D eigenvalue weighted by Crippen LogP contribution is -2.34. The van der Waals surface area contributed by atoms with E-state index in [0.29, 0.717) is 6.54 Å². The van der Waals surface area contributed by atoms with Gasteiger partial charge >= 0.3 is 0 Å². The topological polar surface area (TPSA) is 70.2 Å². The highest BCUT2D eigenvalue weighted by molar-refractivity contribution is 4.68. The van der Waals surface area contributed by atoms with Gasteiger partial charge in [-0.3, -0.25) is 0 Å². The van der Waals surface area contributed by atoms with Crippen molar-refractivity contribution in [1.29, 1.82) is 0 Å². The first-order valence-corrected chi connectivity index (χ1v) is 6.96. The Balaban J connectivity index is 0. The van der Waals surface area contributed by atoms with E-state index in [1.54, 1.807) is 0 Å². The smallest absolute Gasteiger partial charge is 0.0748 e. The van der Waals surface area contributed by atoms with E-state index in [2.05, 4.69) is 20.8 Å². The molecule has 3 heteroatoms. The Morgan fingerprint density at radius 2 is 1.35 bits per heavy atom. The van der Waals surface area contributed by atoms with E-state index in [0.717, 1.165) is 6.61 Å². The number of unbranched alkanes of at least 4 members (excludes halogenated alkanes) is 7. The second-order valence-corrected chi connectivity index (χ2v) is 5.29. The quantitative estimate of drug-likeness (QED) is 0.540. The second kappa shape index (κ2) is 12.3. The van der Waals surface area contributed by atoms with Crippen LogP contribution in [-0.4, -0.2) is 18.8 Å². The SMILES string of the molecule is CCCCCCCCCCOC(C)(C)CN.N. The number of hydrogen-bond acceptors (Lipinski definition) is 3. The minimum Gasteiger partial charge on any atom is -0.374 e. The van der Waals surface area contributed by atoms with Crippen LogP contribution >= 0.6 is 0 Å². The highest BCUT2D eigenvalue weighted by Crippen LogP contribution is 2.11. The molecule has 0 saturated carbocycles. The van der Waals surface area contributed by atoms with E-state index in [-0.39, 0.29) is 11.8 Å². The van der Waals surface area contributed by atoms with Crippen LogP contribution in [0.3, 0.4) is 0 Å². The summed E-state index contributed by atoms with van der Waals surface area (Å²) in [5.74, 6) is 0. The van der Waals surface area contributed by atoms with Gasteiger partial charge in [-0.1, -0.05) is 51.9 Å². The molecule has 0 aliphatic rings. The molecule has 0 aromatic carbocycles. The van der Waals surface area contributed by atoms with Gasteiger partial charge in [-0.25, -0.2) is 0 Å². The van der Waals surface area contributed by atoms with Gasteiger partial charge in [0, 0.05) is 13.2 Å². The van der Waals surface area contributed by atoms with Crippen LogP contribution in [0.1, 0.15) is 72.1 Å². The van der Waals surface area contributed by atoms with Gasteiger partial charge in [0.15, 0.2) is 0 Å². The first-order valence-electron chi connectivity index (χ1n) is 6.96. The third-order valence-corrected chi connectivity index (χ3v) is 2.98. The Kier molecular flexibility index (Phi) is 14.0. The summed E-state index contributed by atoms with van der Waals surface area (Å²) >= 11 is 0. The lowest BCUT2D eigenvalue weighted by atomic mass is 10.1. The molecule has 17 heavy (non-hydrogen) atoms. The van der Waals surface area contributed by atoms with Crippen LogP contribution in [0.4, 0.5) is 0 Å². The lowest BCUT2D eigenvalue weighted by molar-refractivity contribution is -0.0121. The number of ether oxygens (including phenoxy) is 1. The zero-order chi connectivity index (χ0) is 12.3. The van der Waals surface area contributed by atoms with E-state index >= 15 is 0 Å². The lowest BCUT2D eigenvalue weighted by Gasteiger charge is -2.23. The van der Waals surface area contributed by atoms with Gasteiger partial charge in [-0.05, 0) is 20.3 Å². The van der Waals surface area contributed by atoms with E-state index in [9.17, 15) is 0 Å². The van der Waals surface area contributed by atoms with Gasteiger partial charge in [0.05, 0.1) is 5.60 Å². The molecule has 0 radical (unpaired) electrons. The molecular formula is C14H34N2O. The molecule has 0 heterocycles. The molecule has 0 amide bonds. The van der Waals surface area contributed by atoms with Crippen LogP contribution in [0.15, 0.2) is 0 Å². The van der Waals surface area contributed by atoms with Crippen LogP contribution in [-0.2, 0) is 4.74 Å². The second-order valence-electron chi connectivity index (χ2n) is 5.29. The average molecular weight is 246 g/mol. The van der Waals surface area contributed by atoms with Crippen LogP contribution < -0.4 is 11.9 Å². The molecule has 0 aliphatic carbocycles. The molecule has 0 bridgehead atoms. The van der Waals surface area contributed by atoms with Crippen molar-refractivity contribution in [2.75, 3.05) is 13.2 Å². The largest absolute Gasteiger partial charge is 0.374 e. The van der Waals surface area contributed by atoms with Crippen molar-refractivity contribution in [3.8, 4) is 0 Å². The molecule has 0 spiro atoms. The van der Waals surface area contributed by atoms with Crippen molar-refractivity contribution < 1.29 is 4.74 Å². The average Bonchev–Trinajstić information content (AvgIpc) is 2.27. The Morgan fingerprint density at radius 1 is 0.882 bits per heavy atom. The van der Waals surface area contributed by atoms with Crippen LogP contribution in [0.25, 0.3) is 0 Å². The third-order valence-electron chi connectivity index (χ3n) is 2.98. The Hall–Kier alpha value is -0.120. The van der Waals surface area contributed by atoms with Gasteiger partial charge < -0.3 is 16.6 Å². The minimum atomic E-state index is -0.138. The van der Waals surface area contributed by atoms with Gasteiger partial charge in [-0.2, -0.15) is 0 Å². The van der Waals surface area contributed by atoms with Gasteiger partial charge in [0.2, 0.25) is 0 Å². The summed E-state index contributed by atoms with van der Waals surface area (Å²) in [4.78, 5) is 0. The molecule has 3 nitrogen and oxygen atoms in total. The summed E-state index contributed by atoms with van der Waals surface area (Å²) in [7, 11) is 0. The highest BCUT2D eigenvalue weighted by atomic mass is 16.5. The standard InChI is InChI=1S/C14H31NO.H3N/c1-4-5-6-7-8-9-10-11-12-16-14(2,3)13-15;/h4-13,15H2,1-3H3;1H3. The molecule has 0 aromatic rings. The third kappa shape index (κ3) is 13.8. The summed E-state index contributed by atoms with van der Waals surface area (Å²) in [5, 5.41) is 0. The molecule has 0 aliphatic heterocycles. The van der Waals surface area contributed by atoms with Crippen LogP contribution in [0.5, 0.6) is 0 Å². The fraction of sp³-hybridized carbons (Fsp3) is 1.00. The van der Waals surface area contributed by atoms with Gasteiger partial charge in [-0.15, -0.1) is 0 Å². The predicted molar refractivity (Wildman–Crippen MR) is 76.7 cm³/mol. The number of hydrogen-bond donors (Lipinski definition) is 2. The van der Waals surface area contributed by atoms with E-state index in [4.69, 9.17) is 10.5 Å². The van der Waals surface area contributed by atoms with Crippen LogP contribution in [0, 0.1) is 0 Å². The summed E-state index contributed by atoms with van der Waals surface area (Å²) < 4.78 is 5.70. The summed E-state index contributed by atoms with van der Waals surface area (Å²) in [6.07, 6.45) is 10.8. The normalized spacial score (nSPS) is 11.3. The first kappa shape index (κ1) is 19.2. The molecular weight excluding hydrogens is 212 g/mol. The summed E-state index contributed by atoms with van der Waals surface area (Å²) in [6.45, 7) is 7.83. The Labute approximate surface area is 108 Å². The maximum absolute atomic E-state index is 5.70. The zero-order valence-electron chi connectivity index (χ0n) is 12.3. The minimum absolute atomic E-state index is 0. The fourth-order valence-electron chi connectivity index (χ4n) is 1.64. The van der Waals surface area contributed by atoms with E-state index in [1.807, 2.05) is 0 Å². The fourth-order valence-corrected chi connectivity index (χ4v) is 1.64. The van der Waals surface area contributed by atoms with Gasteiger partial charge in [0.25, 0.3) is 0 Å². The highest BCUT2D eigenvalue weighted by Gasteiger charge is 2.14. The van der Waals surface area contributed by atoms with Crippen LogP contribution in [0.2, 0.25) is 0 Å². The maximum atomic E-state index is 5.70. The van der Waals surface area contributed by atoms with Crippen molar-refractivity contribution >= 4 is 0 Å². The van der Waals surface area contributed by atoms with E-state index in [1.165, 1.54) is 51.4 Å². The molecule has 0 atom stereocenters. The number of nitrogens with two attached hydrogens (primary N) is 1. The molecule has 0 aromatic heterocycles. The van der Waals surface area contributed by atoms with Gasteiger partial charge in [0.1, 0.15) is 0 Å². The molecule has 0 rings (SSSR count). The molecule has 0 fully saturated rings. The molecule has 5 N–H and O–H groups in total. The summed E-state index contributed by atoms with van der Waals surface area (Å²) in [6, 6.07) is 0. The zero-order valence-corrected chi connectivity index (χ0v) is 12.3. The van der Waals surface area contributed by atoms with E-state index < -0.39 is 0 Å². The Bertz CT molecular complexity index is 149. The maximum Gasteiger partial charge on any atom is 0.0748 e. The van der Waals surface area contributed by atoms with Crippen molar-refractivity contribution in [3.05, 3.63) is 0 Å². The predicted octanol–water partition coefficient (Wildman–Crippen LogP) is 4.04. The monoisotopic (exact) mass is 246 g/mol. The van der Waals surface area contributed by atoms with Crippen molar-refractivity contribution in [1.82, 2.24) is 6.15 Å².